The first kappa shape index (κ1) is 44.6. The van der Waals surface area contributed by atoms with Gasteiger partial charge in [-0.15, -0.1) is 48.0 Å². The number of rotatable bonds is 9. The van der Waals surface area contributed by atoms with E-state index >= 15 is 0 Å². The van der Waals surface area contributed by atoms with Gasteiger partial charge in [0.2, 0.25) is 0 Å². The molecule has 0 aliphatic heterocycles. The van der Waals surface area contributed by atoms with E-state index in [-0.39, 0.29) is 20.1 Å². The Balaban J connectivity index is 0.000000233. The van der Waals surface area contributed by atoms with Crippen LogP contribution in [0.1, 0.15) is 75.8 Å². The van der Waals surface area contributed by atoms with Gasteiger partial charge in [0.25, 0.3) is 0 Å². The molecule has 4 heterocycles. The van der Waals surface area contributed by atoms with Crippen LogP contribution in [0.4, 0.5) is 0 Å². The second-order valence-electron chi connectivity index (χ2n) is 18.3. The van der Waals surface area contributed by atoms with E-state index < -0.39 is 8.07 Å². The molecular formula is C55H56IrN4OSi-2. The van der Waals surface area contributed by atoms with Gasteiger partial charge in [0.1, 0.15) is 0 Å². The molecule has 4 aromatic heterocycles. The predicted molar refractivity (Wildman–Crippen MR) is 259 cm³/mol. The number of benzene rings is 5. The van der Waals surface area contributed by atoms with Crippen molar-refractivity contribution in [2.45, 2.75) is 86.4 Å². The number of aromatic nitrogens is 4. The van der Waals surface area contributed by atoms with E-state index in [1.54, 1.807) is 0 Å². The Hall–Kier alpha value is -5.46. The van der Waals surface area contributed by atoms with Gasteiger partial charge in [0.05, 0.1) is 30.5 Å². The fourth-order valence-electron chi connectivity index (χ4n) is 8.33. The summed E-state index contributed by atoms with van der Waals surface area (Å²) in [5.74, 6) is 2.15. The molecule has 0 bridgehead atoms. The van der Waals surface area contributed by atoms with Gasteiger partial charge in [-0.25, -0.2) is 4.98 Å². The number of hydrogen-bond acceptors (Lipinski definition) is 4. The van der Waals surface area contributed by atoms with Gasteiger partial charge in [-0.2, -0.15) is 0 Å². The fraction of sp³-hybridized carbons (Fsp3) is 0.255. The molecule has 0 saturated carbocycles. The molecule has 317 valence electrons. The third kappa shape index (κ3) is 9.17. The molecule has 7 heteroatoms. The number of furan rings is 1. The van der Waals surface area contributed by atoms with Gasteiger partial charge in [-0.1, -0.05) is 138 Å². The molecule has 9 aromatic rings. The van der Waals surface area contributed by atoms with Gasteiger partial charge in [-0.05, 0) is 100.0 Å². The molecule has 0 amide bonds. The number of fused-ring (bicyclic) bond motifs is 4. The molecule has 0 unspecified atom stereocenters. The molecule has 0 spiro atoms. The first-order valence-corrected chi connectivity index (χ1v) is 25.2. The topological polar surface area (TPSA) is 56.7 Å². The Bertz CT molecular complexity index is 2950. The molecule has 5 nitrogen and oxygen atoms in total. The maximum absolute atomic E-state index is 6.08. The molecule has 0 aliphatic rings. The third-order valence-corrected chi connectivity index (χ3v) is 13.4. The minimum absolute atomic E-state index is 0. The van der Waals surface area contributed by atoms with Crippen molar-refractivity contribution in [2.75, 3.05) is 0 Å². The molecule has 1 radical (unpaired) electrons. The van der Waals surface area contributed by atoms with E-state index in [2.05, 4.69) is 185 Å². The second kappa shape index (κ2) is 18.5. The van der Waals surface area contributed by atoms with Crippen LogP contribution in [-0.2, 0) is 26.5 Å². The van der Waals surface area contributed by atoms with Crippen molar-refractivity contribution in [1.82, 2.24) is 19.5 Å². The maximum Gasteiger partial charge on any atom is 0.183 e. The van der Waals surface area contributed by atoms with Gasteiger partial charge < -0.3 is 14.0 Å². The van der Waals surface area contributed by atoms with Crippen molar-refractivity contribution in [3.63, 3.8) is 0 Å². The zero-order chi connectivity index (χ0) is 43.0. The number of imidazole rings is 1. The Morgan fingerprint density at radius 2 is 1.40 bits per heavy atom. The number of para-hydroxylation sites is 2. The van der Waals surface area contributed by atoms with E-state index in [1.165, 1.54) is 38.7 Å². The molecule has 0 atom stereocenters. The van der Waals surface area contributed by atoms with E-state index in [0.717, 1.165) is 62.1 Å². The fourth-order valence-corrected chi connectivity index (χ4v) is 9.92. The molecule has 0 saturated heterocycles. The van der Waals surface area contributed by atoms with Crippen LogP contribution in [0.5, 0.6) is 0 Å². The van der Waals surface area contributed by atoms with Crippen molar-refractivity contribution >= 4 is 46.4 Å². The summed E-state index contributed by atoms with van der Waals surface area (Å²) in [6, 6.07) is 49.3. The number of aryl methyl sites for hydroxylation is 1. The van der Waals surface area contributed by atoms with Crippen LogP contribution in [0.3, 0.4) is 0 Å². The molecule has 0 N–H and O–H groups in total. The minimum atomic E-state index is -1.34. The van der Waals surface area contributed by atoms with Gasteiger partial charge >= 0.3 is 0 Å². The monoisotopic (exact) mass is 1010 g/mol. The van der Waals surface area contributed by atoms with E-state index in [9.17, 15) is 0 Å². The van der Waals surface area contributed by atoms with Crippen molar-refractivity contribution < 1.29 is 24.5 Å². The maximum atomic E-state index is 6.08. The summed E-state index contributed by atoms with van der Waals surface area (Å²) in [6.45, 7) is 22.8. The van der Waals surface area contributed by atoms with Crippen LogP contribution in [0.15, 0.2) is 132 Å². The summed E-state index contributed by atoms with van der Waals surface area (Å²) >= 11 is 0. The van der Waals surface area contributed by atoms with Gasteiger partial charge in [0, 0.05) is 37.7 Å². The van der Waals surface area contributed by atoms with Crippen LogP contribution in [-0.4, -0.2) is 27.6 Å². The Labute approximate surface area is 382 Å². The normalized spacial score (nSPS) is 11.8. The molecular weight excluding hydrogens is 953 g/mol. The summed E-state index contributed by atoms with van der Waals surface area (Å²) in [6.07, 6.45) is 3.24. The summed E-state index contributed by atoms with van der Waals surface area (Å²) < 4.78 is 8.44. The van der Waals surface area contributed by atoms with Crippen LogP contribution >= 0.6 is 0 Å². The Morgan fingerprint density at radius 1 is 0.710 bits per heavy atom. The number of pyridine rings is 2. The first-order chi connectivity index (χ1) is 29.3. The van der Waals surface area contributed by atoms with E-state index in [4.69, 9.17) is 9.40 Å². The van der Waals surface area contributed by atoms with Crippen LogP contribution < -0.4 is 5.19 Å². The molecule has 0 aliphatic carbocycles. The average molecular weight is 1010 g/mol. The van der Waals surface area contributed by atoms with Crippen LogP contribution in [0, 0.1) is 25.0 Å². The minimum Gasteiger partial charge on any atom is -0.482 e. The first-order valence-electron chi connectivity index (χ1n) is 21.7. The smallest absolute Gasteiger partial charge is 0.183 e. The van der Waals surface area contributed by atoms with Crippen molar-refractivity contribution in [1.29, 1.82) is 0 Å². The number of hydrogen-bond donors (Lipinski definition) is 0. The SMILES string of the molecule is CC(C)Cc1cc(-c2[c-]cccc2)ncc1[Si](C)(C)C.Cc1ccc2c(n1)oc1ccc(-c3nc4ccccc4n3-c3c(C(C)C)cc(-c4ccccc4)cc3C(C)C)[c-]c12.[Ir]. The van der Waals surface area contributed by atoms with E-state index in [1.807, 2.05) is 37.3 Å². The van der Waals surface area contributed by atoms with Crippen molar-refractivity contribution in [3.05, 3.63) is 162 Å². The Morgan fingerprint density at radius 3 is 2.06 bits per heavy atom. The summed E-state index contributed by atoms with van der Waals surface area (Å²) in [7, 11) is -1.34. The summed E-state index contributed by atoms with van der Waals surface area (Å²) in [5.41, 5.74) is 15.2. The van der Waals surface area contributed by atoms with Crippen molar-refractivity contribution in [2.24, 2.45) is 5.92 Å². The van der Waals surface area contributed by atoms with Crippen LogP contribution in [0.25, 0.3) is 72.6 Å². The van der Waals surface area contributed by atoms with E-state index in [0.29, 0.717) is 23.5 Å². The third-order valence-electron chi connectivity index (χ3n) is 11.3. The zero-order valence-electron chi connectivity index (χ0n) is 37.6. The standard InChI is InChI=1S/C37H32N3O.C18H24NSi.Ir/c1-22(2)29-20-27(25-11-7-6-8-12-25)21-30(23(3)4)35(29)40-33-14-10-9-13-32(33)39-36(40)26-16-18-34-31(19-26)28-17-15-24(5)38-37(28)41-34;1-14(2)11-16-12-17(15-9-7-6-8-10-15)19-13-18(16)20(3,4)5;/h6-18,20-23H,1-5H3;6-9,12-14H,11H2,1-5H3;/q2*-1;. The largest absolute Gasteiger partial charge is 0.482 e. The zero-order valence-corrected chi connectivity index (χ0v) is 41.0. The molecule has 9 rings (SSSR count). The molecule has 5 aromatic carbocycles. The molecule has 0 fully saturated rings. The number of nitrogens with zero attached hydrogens (tertiary/aromatic N) is 4. The Kier molecular flexibility index (Phi) is 13.3. The predicted octanol–water partition coefficient (Wildman–Crippen LogP) is 14.3. The van der Waals surface area contributed by atoms with Gasteiger partial charge in [0.15, 0.2) is 5.71 Å². The molecule has 62 heavy (non-hydrogen) atoms. The van der Waals surface area contributed by atoms with Crippen molar-refractivity contribution in [3.8, 4) is 39.5 Å². The summed E-state index contributed by atoms with van der Waals surface area (Å²) in [4.78, 5) is 14.5. The summed E-state index contributed by atoms with van der Waals surface area (Å²) in [5, 5.41) is 3.38. The average Bonchev–Trinajstić information content (AvgIpc) is 3.81. The van der Waals surface area contributed by atoms with Gasteiger partial charge in [-0.3, -0.25) is 4.98 Å². The van der Waals surface area contributed by atoms with Crippen LogP contribution in [0.2, 0.25) is 19.6 Å². The quantitative estimate of drug-likeness (QED) is 0.107. The second-order valence-corrected chi connectivity index (χ2v) is 23.3.